The smallest absolute Gasteiger partial charge is 0.234 e. The van der Waals surface area contributed by atoms with Crippen molar-refractivity contribution in [2.24, 2.45) is 11.7 Å². The van der Waals surface area contributed by atoms with Crippen LogP contribution in [0.2, 0.25) is 0 Å². The van der Waals surface area contributed by atoms with Crippen LogP contribution in [0, 0.1) is 5.92 Å². The second-order valence-electron chi connectivity index (χ2n) is 5.86. The van der Waals surface area contributed by atoms with Crippen LogP contribution in [0.25, 0.3) is 0 Å². The number of nitrogens with one attached hydrogen (secondary N) is 1. The molecule has 0 aromatic heterocycles. The SMILES string of the molecule is NCCCN1CCCN(CC(=O)NCC2CC2)CC1. The molecule has 1 saturated heterocycles. The minimum atomic E-state index is 0.197. The average molecular weight is 268 g/mol. The zero-order chi connectivity index (χ0) is 13.5. The molecule has 3 N–H and O–H groups in total. The van der Waals surface area contributed by atoms with E-state index in [9.17, 15) is 4.79 Å². The molecule has 0 unspecified atom stereocenters. The number of hydrogen-bond acceptors (Lipinski definition) is 4. The summed E-state index contributed by atoms with van der Waals surface area (Å²) < 4.78 is 0. The van der Waals surface area contributed by atoms with Gasteiger partial charge in [0.2, 0.25) is 5.91 Å². The number of amides is 1. The van der Waals surface area contributed by atoms with E-state index < -0.39 is 0 Å². The molecule has 0 radical (unpaired) electrons. The largest absolute Gasteiger partial charge is 0.355 e. The van der Waals surface area contributed by atoms with E-state index in [1.165, 1.54) is 12.8 Å². The van der Waals surface area contributed by atoms with Crippen LogP contribution in [-0.4, -0.2) is 68.1 Å². The van der Waals surface area contributed by atoms with E-state index in [2.05, 4.69) is 15.1 Å². The van der Waals surface area contributed by atoms with Gasteiger partial charge in [0.1, 0.15) is 0 Å². The van der Waals surface area contributed by atoms with Crippen LogP contribution >= 0.6 is 0 Å². The molecule has 1 amide bonds. The van der Waals surface area contributed by atoms with Crippen molar-refractivity contribution in [1.82, 2.24) is 15.1 Å². The number of nitrogens with two attached hydrogens (primary N) is 1. The summed E-state index contributed by atoms with van der Waals surface area (Å²) in [7, 11) is 0. The maximum atomic E-state index is 11.8. The van der Waals surface area contributed by atoms with Crippen molar-refractivity contribution in [3.63, 3.8) is 0 Å². The lowest BCUT2D eigenvalue weighted by Crippen LogP contribution is -2.40. The minimum Gasteiger partial charge on any atom is -0.355 e. The molecule has 0 aromatic carbocycles. The summed E-state index contributed by atoms with van der Waals surface area (Å²) in [6.45, 7) is 7.56. The number of rotatable bonds is 7. The summed E-state index contributed by atoms with van der Waals surface area (Å²) in [6, 6.07) is 0. The molecule has 2 aliphatic rings. The van der Waals surface area contributed by atoms with Gasteiger partial charge in [-0.3, -0.25) is 9.69 Å². The van der Waals surface area contributed by atoms with Crippen molar-refractivity contribution in [2.45, 2.75) is 25.7 Å². The first-order valence-electron chi connectivity index (χ1n) is 7.69. The lowest BCUT2D eigenvalue weighted by Gasteiger charge is -2.21. The quantitative estimate of drug-likeness (QED) is 0.675. The van der Waals surface area contributed by atoms with Crippen molar-refractivity contribution >= 4 is 5.91 Å². The fourth-order valence-corrected chi connectivity index (χ4v) is 2.56. The highest BCUT2D eigenvalue weighted by atomic mass is 16.2. The fraction of sp³-hybridized carbons (Fsp3) is 0.929. The van der Waals surface area contributed by atoms with E-state index >= 15 is 0 Å². The van der Waals surface area contributed by atoms with Crippen LogP contribution in [0.5, 0.6) is 0 Å². The number of nitrogens with zero attached hydrogens (tertiary/aromatic N) is 2. The average Bonchev–Trinajstić information content (AvgIpc) is 3.22. The number of carbonyl (C=O) groups is 1. The Kier molecular flexibility index (Phi) is 6.07. The molecule has 110 valence electrons. The lowest BCUT2D eigenvalue weighted by atomic mass is 10.3. The molecule has 0 atom stereocenters. The Bertz CT molecular complexity index is 281. The minimum absolute atomic E-state index is 0.197. The Hall–Kier alpha value is -0.650. The second-order valence-corrected chi connectivity index (χ2v) is 5.86. The van der Waals surface area contributed by atoms with Crippen molar-refractivity contribution in [2.75, 3.05) is 52.4 Å². The van der Waals surface area contributed by atoms with Gasteiger partial charge in [0.05, 0.1) is 6.54 Å². The van der Waals surface area contributed by atoms with Gasteiger partial charge in [-0.2, -0.15) is 0 Å². The summed E-state index contributed by atoms with van der Waals surface area (Å²) in [5.41, 5.74) is 5.55. The molecular formula is C14H28N4O. The molecule has 2 rings (SSSR count). The predicted molar refractivity (Wildman–Crippen MR) is 76.9 cm³/mol. The molecule has 5 nitrogen and oxygen atoms in total. The normalized spacial score (nSPS) is 22.2. The maximum absolute atomic E-state index is 11.8. The molecule has 1 aliphatic heterocycles. The molecule has 1 heterocycles. The standard InChI is InChI=1S/C14H28N4O/c15-5-1-6-17-7-2-8-18(10-9-17)12-14(19)16-11-13-3-4-13/h13H,1-12,15H2,(H,16,19). The van der Waals surface area contributed by atoms with Crippen LogP contribution < -0.4 is 11.1 Å². The summed E-state index contributed by atoms with van der Waals surface area (Å²) in [6.07, 6.45) is 4.81. The lowest BCUT2D eigenvalue weighted by molar-refractivity contribution is -0.122. The third-order valence-corrected chi connectivity index (χ3v) is 4.01. The zero-order valence-electron chi connectivity index (χ0n) is 11.9. The fourth-order valence-electron chi connectivity index (χ4n) is 2.56. The molecule has 0 spiro atoms. The second kappa shape index (κ2) is 7.82. The zero-order valence-corrected chi connectivity index (χ0v) is 11.9. The van der Waals surface area contributed by atoms with E-state index in [1.807, 2.05) is 0 Å². The van der Waals surface area contributed by atoms with Crippen molar-refractivity contribution < 1.29 is 4.79 Å². The van der Waals surface area contributed by atoms with Crippen LogP contribution in [0.4, 0.5) is 0 Å². The van der Waals surface area contributed by atoms with E-state index in [1.54, 1.807) is 0 Å². The molecule has 5 heteroatoms. The van der Waals surface area contributed by atoms with Gasteiger partial charge >= 0.3 is 0 Å². The van der Waals surface area contributed by atoms with Crippen LogP contribution in [0.1, 0.15) is 25.7 Å². The molecule has 1 aliphatic carbocycles. The Labute approximate surface area is 116 Å². The molecule has 0 bridgehead atoms. The third kappa shape index (κ3) is 5.89. The van der Waals surface area contributed by atoms with Gasteiger partial charge in [0.25, 0.3) is 0 Å². The first-order valence-corrected chi connectivity index (χ1v) is 7.69. The van der Waals surface area contributed by atoms with Crippen LogP contribution in [0.3, 0.4) is 0 Å². The number of hydrogen-bond donors (Lipinski definition) is 2. The van der Waals surface area contributed by atoms with E-state index in [0.29, 0.717) is 6.54 Å². The first kappa shape index (κ1) is 14.8. The summed E-state index contributed by atoms with van der Waals surface area (Å²) >= 11 is 0. The maximum Gasteiger partial charge on any atom is 0.234 e. The van der Waals surface area contributed by atoms with Crippen molar-refractivity contribution in [3.05, 3.63) is 0 Å². The molecule has 19 heavy (non-hydrogen) atoms. The number of carbonyl (C=O) groups excluding carboxylic acids is 1. The molecule has 1 saturated carbocycles. The van der Waals surface area contributed by atoms with Gasteiger partial charge in [-0.05, 0) is 57.8 Å². The highest BCUT2D eigenvalue weighted by Gasteiger charge is 2.22. The van der Waals surface area contributed by atoms with Crippen molar-refractivity contribution in [1.29, 1.82) is 0 Å². The Morgan fingerprint density at radius 2 is 1.89 bits per heavy atom. The van der Waals surface area contributed by atoms with E-state index in [-0.39, 0.29) is 5.91 Å². The Morgan fingerprint density at radius 3 is 2.63 bits per heavy atom. The predicted octanol–water partition coefficient (Wildman–Crippen LogP) is -0.131. The van der Waals surface area contributed by atoms with E-state index in [4.69, 9.17) is 5.73 Å². The van der Waals surface area contributed by atoms with E-state index in [0.717, 1.165) is 64.6 Å². The molecule has 0 aromatic rings. The third-order valence-electron chi connectivity index (χ3n) is 4.01. The van der Waals surface area contributed by atoms with Gasteiger partial charge < -0.3 is 16.0 Å². The summed E-state index contributed by atoms with van der Waals surface area (Å²) in [5, 5.41) is 3.05. The van der Waals surface area contributed by atoms with Gasteiger partial charge in [0.15, 0.2) is 0 Å². The molecular weight excluding hydrogens is 240 g/mol. The topological polar surface area (TPSA) is 61.6 Å². The summed E-state index contributed by atoms with van der Waals surface area (Å²) in [4.78, 5) is 16.6. The van der Waals surface area contributed by atoms with Gasteiger partial charge in [0, 0.05) is 19.6 Å². The van der Waals surface area contributed by atoms with Crippen LogP contribution in [0.15, 0.2) is 0 Å². The highest BCUT2D eigenvalue weighted by molar-refractivity contribution is 5.78. The van der Waals surface area contributed by atoms with Crippen LogP contribution in [-0.2, 0) is 4.79 Å². The van der Waals surface area contributed by atoms with Gasteiger partial charge in [-0.25, -0.2) is 0 Å². The highest BCUT2D eigenvalue weighted by Crippen LogP contribution is 2.27. The van der Waals surface area contributed by atoms with Gasteiger partial charge in [-0.15, -0.1) is 0 Å². The Morgan fingerprint density at radius 1 is 1.16 bits per heavy atom. The Balaban J connectivity index is 1.62. The summed E-state index contributed by atoms with van der Waals surface area (Å²) in [5.74, 6) is 0.960. The van der Waals surface area contributed by atoms with Gasteiger partial charge in [-0.1, -0.05) is 0 Å². The van der Waals surface area contributed by atoms with Crippen molar-refractivity contribution in [3.8, 4) is 0 Å². The molecule has 2 fully saturated rings. The monoisotopic (exact) mass is 268 g/mol. The first-order chi connectivity index (χ1) is 9.28.